The Kier molecular flexibility index (Phi) is 9.12. The molecule has 12 nitrogen and oxygen atoms in total. The van der Waals surface area contributed by atoms with Crippen LogP contribution in [0.4, 0.5) is 10.3 Å². The highest BCUT2D eigenvalue weighted by Crippen LogP contribution is 2.37. The van der Waals surface area contributed by atoms with Crippen molar-refractivity contribution < 1.29 is 27.0 Å². The van der Waals surface area contributed by atoms with Crippen LogP contribution in [0.5, 0.6) is 17.2 Å². The Bertz CT molecular complexity index is 1440. The van der Waals surface area contributed by atoms with Crippen LogP contribution in [0.2, 0.25) is 0 Å². The third kappa shape index (κ3) is 6.32. The molecule has 1 atom stereocenters. The highest BCUT2D eigenvalue weighted by atomic mass is 32.2. The Balaban J connectivity index is 2.15. The minimum atomic E-state index is -4.09. The number of para-hydroxylation sites is 1. The number of sulfonamides is 1. The van der Waals surface area contributed by atoms with Crippen LogP contribution in [-0.4, -0.2) is 67.3 Å². The number of aliphatic imine (C=N–C) groups is 2. The van der Waals surface area contributed by atoms with Crippen LogP contribution in [0.3, 0.4) is 0 Å². The molecule has 38 heavy (non-hydrogen) atoms. The second kappa shape index (κ2) is 12.3. The molecule has 0 bridgehead atoms. The minimum Gasteiger partial charge on any atom is -0.497 e. The number of methoxy groups -OCH3 is 3. The summed E-state index contributed by atoms with van der Waals surface area (Å²) in [7, 11) is 0.351. The van der Waals surface area contributed by atoms with E-state index in [9.17, 15) is 12.8 Å². The molecule has 202 valence electrons. The van der Waals surface area contributed by atoms with Crippen LogP contribution in [0, 0.1) is 0 Å². The summed E-state index contributed by atoms with van der Waals surface area (Å²) in [6.07, 6.45) is 2.32. The molecule has 1 aromatic carbocycles. The van der Waals surface area contributed by atoms with Gasteiger partial charge >= 0.3 is 0 Å². The van der Waals surface area contributed by atoms with Crippen molar-refractivity contribution in [1.29, 1.82) is 0 Å². The fraction of sp³-hybridized carbons (Fsp3) is 0.292. The zero-order chi connectivity index (χ0) is 27.9. The van der Waals surface area contributed by atoms with Gasteiger partial charge in [0.1, 0.15) is 40.3 Å². The van der Waals surface area contributed by atoms with E-state index in [0.717, 1.165) is 6.20 Å². The Morgan fingerprint density at radius 3 is 2.45 bits per heavy atom. The summed E-state index contributed by atoms with van der Waals surface area (Å²) in [5.74, 6) is 0.764. The second-order valence-corrected chi connectivity index (χ2v) is 9.95. The van der Waals surface area contributed by atoms with Crippen molar-refractivity contribution in [3.8, 4) is 34.5 Å². The average Bonchev–Trinajstić information content (AvgIpc) is 3.32. The molecule has 0 unspecified atom stereocenters. The van der Waals surface area contributed by atoms with E-state index < -0.39 is 21.1 Å². The van der Waals surface area contributed by atoms with E-state index in [4.69, 9.17) is 14.2 Å². The number of benzene rings is 1. The lowest BCUT2D eigenvalue weighted by atomic mass is 10.2. The molecular formula is C24H28FN7O5S. The Labute approximate surface area is 220 Å². The lowest BCUT2D eigenvalue weighted by molar-refractivity contribution is 0.391. The first-order valence-electron chi connectivity index (χ1n) is 11.2. The lowest BCUT2D eigenvalue weighted by Crippen LogP contribution is -2.28. The molecule has 14 heteroatoms. The van der Waals surface area contributed by atoms with E-state index >= 15 is 0 Å². The zero-order valence-corrected chi connectivity index (χ0v) is 22.4. The second-order valence-electron chi connectivity index (χ2n) is 7.86. The van der Waals surface area contributed by atoms with E-state index in [1.54, 1.807) is 30.3 Å². The monoisotopic (exact) mass is 545 g/mol. The number of halogens is 1. The lowest BCUT2D eigenvalue weighted by Gasteiger charge is -2.19. The van der Waals surface area contributed by atoms with Gasteiger partial charge in [-0.3, -0.25) is 14.3 Å². The SMILES string of the molecule is C=NC(C[C@H](C)S(=O)(=O)Nc1nnc(-c2cc(OC)ccn2)n1-c1c(OC)cccc1OC)=N/C=C(\C)F. The van der Waals surface area contributed by atoms with E-state index in [2.05, 4.69) is 36.6 Å². The maximum atomic E-state index is 13.3. The third-order valence-electron chi connectivity index (χ3n) is 5.29. The smallest absolute Gasteiger partial charge is 0.243 e. The summed E-state index contributed by atoms with van der Waals surface area (Å²) in [6.45, 7) is 6.04. The molecule has 3 aromatic rings. The number of amidine groups is 1. The van der Waals surface area contributed by atoms with E-state index in [1.165, 1.54) is 45.9 Å². The molecule has 0 aliphatic heterocycles. The molecule has 0 aliphatic rings. The highest BCUT2D eigenvalue weighted by molar-refractivity contribution is 7.93. The first kappa shape index (κ1) is 28.2. The number of hydrogen-bond acceptors (Lipinski definition) is 9. The number of rotatable bonds is 11. The summed E-state index contributed by atoms with van der Waals surface area (Å²) >= 11 is 0. The highest BCUT2D eigenvalue weighted by Gasteiger charge is 2.29. The summed E-state index contributed by atoms with van der Waals surface area (Å²) in [4.78, 5) is 11.9. The Hall–Kier alpha value is -4.33. The first-order valence-corrected chi connectivity index (χ1v) is 12.7. The van der Waals surface area contributed by atoms with Crippen molar-refractivity contribution in [2.45, 2.75) is 25.5 Å². The third-order valence-corrected chi connectivity index (χ3v) is 6.99. The number of aromatic nitrogens is 4. The van der Waals surface area contributed by atoms with Crippen LogP contribution in [0.15, 0.2) is 58.5 Å². The number of pyridine rings is 1. The minimum absolute atomic E-state index is 0.0500. The van der Waals surface area contributed by atoms with Crippen molar-refractivity contribution >= 4 is 28.5 Å². The van der Waals surface area contributed by atoms with Crippen LogP contribution < -0.4 is 18.9 Å². The van der Waals surface area contributed by atoms with Gasteiger partial charge in [-0.25, -0.2) is 22.8 Å². The zero-order valence-electron chi connectivity index (χ0n) is 21.5. The number of allylic oxidation sites excluding steroid dienone is 1. The normalized spacial score (nSPS) is 13.1. The largest absolute Gasteiger partial charge is 0.497 e. The van der Waals surface area contributed by atoms with E-state index in [1.807, 2.05) is 0 Å². The van der Waals surface area contributed by atoms with Gasteiger partial charge in [0, 0.05) is 18.7 Å². The Morgan fingerprint density at radius 2 is 1.87 bits per heavy atom. The molecule has 0 spiro atoms. The van der Waals surface area contributed by atoms with Gasteiger partial charge in [0.2, 0.25) is 16.0 Å². The van der Waals surface area contributed by atoms with Gasteiger partial charge in [0.25, 0.3) is 0 Å². The van der Waals surface area contributed by atoms with Crippen LogP contribution in [-0.2, 0) is 10.0 Å². The van der Waals surface area contributed by atoms with Gasteiger partial charge in [-0.15, -0.1) is 10.2 Å². The number of nitrogens with one attached hydrogen (secondary N) is 1. The molecule has 0 fully saturated rings. The fourth-order valence-corrected chi connectivity index (χ4v) is 4.31. The van der Waals surface area contributed by atoms with Crippen LogP contribution in [0.25, 0.3) is 17.2 Å². The van der Waals surface area contributed by atoms with E-state index in [-0.39, 0.29) is 24.0 Å². The fourth-order valence-electron chi connectivity index (χ4n) is 3.36. The van der Waals surface area contributed by atoms with E-state index in [0.29, 0.717) is 28.6 Å². The number of anilines is 1. The number of nitrogens with zero attached hydrogens (tertiary/aromatic N) is 6. The number of ether oxygens (including phenoxy) is 3. The first-order chi connectivity index (χ1) is 18.1. The molecule has 2 aromatic heterocycles. The van der Waals surface area contributed by atoms with Gasteiger partial charge in [-0.2, -0.15) is 0 Å². The molecule has 3 rings (SSSR count). The van der Waals surface area contributed by atoms with Gasteiger partial charge in [-0.1, -0.05) is 6.07 Å². The quantitative estimate of drug-likeness (QED) is 0.283. The van der Waals surface area contributed by atoms with Gasteiger partial charge in [-0.05, 0) is 38.8 Å². The average molecular weight is 546 g/mol. The van der Waals surface area contributed by atoms with Gasteiger partial charge in [0.15, 0.2) is 5.82 Å². The predicted molar refractivity (Wildman–Crippen MR) is 143 cm³/mol. The molecule has 0 aliphatic carbocycles. The molecule has 0 amide bonds. The molecule has 0 saturated heterocycles. The van der Waals surface area contributed by atoms with Gasteiger partial charge in [0.05, 0.1) is 32.8 Å². The molecular weight excluding hydrogens is 517 g/mol. The Morgan fingerprint density at radius 1 is 1.18 bits per heavy atom. The molecule has 2 heterocycles. The molecule has 0 saturated carbocycles. The maximum Gasteiger partial charge on any atom is 0.243 e. The summed E-state index contributed by atoms with van der Waals surface area (Å²) < 4.78 is 60.1. The van der Waals surface area contributed by atoms with Crippen LogP contribution in [0.1, 0.15) is 20.3 Å². The summed E-state index contributed by atoms with van der Waals surface area (Å²) in [5.41, 5.74) is 0.688. The van der Waals surface area contributed by atoms with Crippen molar-refractivity contribution in [2.24, 2.45) is 9.98 Å². The number of hydrogen-bond donors (Lipinski definition) is 1. The molecule has 1 N–H and O–H groups in total. The summed E-state index contributed by atoms with van der Waals surface area (Å²) in [5, 5.41) is 7.27. The summed E-state index contributed by atoms with van der Waals surface area (Å²) in [6, 6.07) is 8.37. The topological polar surface area (TPSA) is 142 Å². The predicted octanol–water partition coefficient (Wildman–Crippen LogP) is 3.81. The van der Waals surface area contributed by atoms with Crippen molar-refractivity contribution in [2.75, 3.05) is 26.1 Å². The van der Waals surface area contributed by atoms with Gasteiger partial charge < -0.3 is 14.2 Å². The van der Waals surface area contributed by atoms with Crippen LogP contribution >= 0.6 is 0 Å². The van der Waals surface area contributed by atoms with Crippen molar-refractivity contribution in [3.63, 3.8) is 0 Å². The maximum absolute atomic E-state index is 13.3. The standard InChI is InChI=1S/C24H28FN7O5S/c1-15(25)14-28-21(26-3)12-16(2)38(33,34)31-24-30-29-23(18-13-17(35-4)10-11-27-18)32(24)22-19(36-5)8-7-9-20(22)37-6/h7-11,13-14,16H,3,12H2,1-2,4-6H3,(H,30,31)/b15-14+,28-21?/t16-/m0/s1. The van der Waals surface area contributed by atoms with Crippen molar-refractivity contribution in [3.05, 3.63) is 48.6 Å². The van der Waals surface area contributed by atoms with Crippen molar-refractivity contribution in [1.82, 2.24) is 19.7 Å². The molecule has 0 radical (unpaired) electrons.